The Balaban J connectivity index is 1.46. The van der Waals surface area contributed by atoms with Crippen LogP contribution in [-0.2, 0) is 0 Å². The second-order valence-electron chi connectivity index (χ2n) is 7.02. The van der Waals surface area contributed by atoms with Crippen LogP contribution in [-0.4, -0.2) is 26.2 Å². The Hall–Kier alpha value is -2.15. The SMILES string of the molecule is Cc1cc(Nc2nc(NC3CC4CCC3C4)nc3ccsc23)n[nH]1. The Morgan fingerprint density at radius 1 is 1.25 bits per heavy atom. The second-order valence-corrected chi connectivity index (χ2v) is 7.93. The van der Waals surface area contributed by atoms with Gasteiger partial charge in [0.2, 0.25) is 5.95 Å². The van der Waals surface area contributed by atoms with Crippen LogP contribution >= 0.6 is 11.3 Å². The topological polar surface area (TPSA) is 78.5 Å². The van der Waals surface area contributed by atoms with Crippen LogP contribution in [0.25, 0.3) is 10.2 Å². The Bertz CT molecular complexity index is 884. The number of hydrogen-bond acceptors (Lipinski definition) is 6. The van der Waals surface area contributed by atoms with Crippen LogP contribution in [0.5, 0.6) is 0 Å². The maximum Gasteiger partial charge on any atom is 0.225 e. The van der Waals surface area contributed by atoms with Crippen LogP contribution < -0.4 is 10.6 Å². The molecule has 3 atom stereocenters. The molecule has 0 aromatic carbocycles. The van der Waals surface area contributed by atoms with E-state index < -0.39 is 0 Å². The number of aryl methyl sites for hydroxylation is 1. The zero-order chi connectivity index (χ0) is 16.1. The van der Waals surface area contributed by atoms with Crippen molar-refractivity contribution < 1.29 is 0 Å². The molecule has 124 valence electrons. The molecule has 0 amide bonds. The Kier molecular flexibility index (Phi) is 3.22. The number of fused-ring (bicyclic) bond motifs is 3. The first-order chi connectivity index (χ1) is 11.7. The zero-order valence-corrected chi connectivity index (χ0v) is 14.4. The van der Waals surface area contributed by atoms with Crippen LogP contribution in [0.15, 0.2) is 17.5 Å². The first-order valence-corrected chi connectivity index (χ1v) is 9.43. The summed E-state index contributed by atoms with van der Waals surface area (Å²) < 4.78 is 1.06. The number of rotatable bonds is 4. The van der Waals surface area contributed by atoms with Crippen molar-refractivity contribution in [2.45, 2.75) is 38.6 Å². The van der Waals surface area contributed by atoms with Gasteiger partial charge in [-0.2, -0.15) is 10.1 Å². The summed E-state index contributed by atoms with van der Waals surface area (Å²) in [6.45, 7) is 1.99. The number of nitrogens with one attached hydrogen (secondary N) is 3. The molecular formula is C17H20N6S. The molecule has 2 fully saturated rings. The fourth-order valence-corrected chi connectivity index (χ4v) is 4.98. The second kappa shape index (κ2) is 5.44. The molecule has 6 nitrogen and oxygen atoms in total. The highest BCUT2D eigenvalue weighted by molar-refractivity contribution is 7.17. The molecule has 2 aliphatic carbocycles. The van der Waals surface area contributed by atoms with Gasteiger partial charge in [0.1, 0.15) is 0 Å². The van der Waals surface area contributed by atoms with Gasteiger partial charge in [-0.15, -0.1) is 11.3 Å². The van der Waals surface area contributed by atoms with E-state index in [1.807, 2.05) is 13.0 Å². The van der Waals surface area contributed by atoms with E-state index in [4.69, 9.17) is 9.97 Å². The fourth-order valence-electron chi connectivity index (χ4n) is 4.20. The van der Waals surface area contributed by atoms with Gasteiger partial charge in [-0.1, -0.05) is 6.42 Å². The van der Waals surface area contributed by atoms with Crippen LogP contribution in [0.3, 0.4) is 0 Å². The van der Waals surface area contributed by atoms with Crippen molar-refractivity contribution in [3.05, 3.63) is 23.2 Å². The first-order valence-electron chi connectivity index (χ1n) is 8.55. The van der Waals surface area contributed by atoms with Gasteiger partial charge in [-0.05, 0) is 49.5 Å². The summed E-state index contributed by atoms with van der Waals surface area (Å²) in [5.41, 5.74) is 2.00. The van der Waals surface area contributed by atoms with E-state index >= 15 is 0 Å². The summed E-state index contributed by atoms with van der Waals surface area (Å²) in [4.78, 5) is 9.46. The van der Waals surface area contributed by atoms with Gasteiger partial charge >= 0.3 is 0 Å². The summed E-state index contributed by atoms with van der Waals surface area (Å²) in [7, 11) is 0. The molecule has 3 aromatic heterocycles. The molecule has 0 radical (unpaired) electrons. The fraction of sp³-hybridized carbons (Fsp3) is 0.471. The third-order valence-electron chi connectivity index (χ3n) is 5.31. The third kappa shape index (κ3) is 2.43. The number of aromatic amines is 1. The maximum absolute atomic E-state index is 4.75. The van der Waals surface area contributed by atoms with E-state index in [0.717, 1.165) is 45.3 Å². The van der Waals surface area contributed by atoms with Crippen LogP contribution in [0, 0.1) is 18.8 Å². The molecular weight excluding hydrogens is 320 g/mol. The van der Waals surface area contributed by atoms with E-state index in [1.54, 1.807) is 11.3 Å². The Labute approximate surface area is 144 Å². The molecule has 7 heteroatoms. The number of H-pyrrole nitrogens is 1. The van der Waals surface area contributed by atoms with Gasteiger partial charge < -0.3 is 10.6 Å². The normalized spacial score (nSPS) is 25.5. The molecule has 3 aromatic rings. The molecule has 0 aliphatic heterocycles. The van der Waals surface area contributed by atoms with Crippen molar-refractivity contribution in [1.29, 1.82) is 0 Å². The zero-order valence-electron chi connectivity index (χ0n) is 13.5. The highest BCUT2D eigenvalue weighted by Crippen LogP contribution is 2.45. The molecule has 5 rings (SSSR count). The molecule has 2 aliphatic rings. The third-order valence-corrected chi connectivity index (χ3v) is 6.22. The average molecular weight is 340 g/mol. The maximum atomic E-state index is 4.75. The molecule has 2 bridgehead atoms. The molecule has 3 heterocycles. The van der Waals surface area contributed by atoms with E-state index in [0.29, 0.717) is 6.04 Å². The van der Waals surface area contributed by atoms with Gasteiger partial charge in [0.15, 0.2) is 11.6 Å². The van der Waals surface area contributed by atoms with Gasteiger partial charge in [0.25, 0.3) is 0 Å². The minimum Gasteiger partial charge on any atom is -0.351 e. The predicted molar refractivity (Wildman–Crippen MR) is 96.9 cm³/mol. The quantitative estimate of drug-likeness (QED) is 0.667. The lowest BCUT2D eigenvalue weighted by Gasteiger charge is -2.23. The average Bonchev–Trinajstić information content (AvgIpc) is 3.31. The molecule has 3 unspecified atom stereocenters. The number of hydrogen-bond donors (Lipinski definition) is 3. The number of anilines is 3. The first kappa shape index (κ1) is 14.2. The molecule has 24 heavy (non-hydrogen) atoms. The largest absolute Gasteiger partial charge is 0.351 e. The Morgan fingerprint density at radius 3 is 2.96 bits per heavy atom. The van der Waals surface area contributed by atoms with Crippen LogP contribution in [0.4, 0.5) is 17.6 Å². The smallest absolute Gasteiger partial charge is 0.225 e. The van der Waals surface area contributed by atoms with E-state index in [-0.39, 0.29) is 0 Å². The highest BCUT2D eigenvalue weighted by atomic mass is 32.1. The summed E-state index contributed by atoms with van der Waals surface area (Å²) in [6.07, 6.45) is 5.38. The lowest BCUT2D eigenvalue weighted by atomic mass is 9.95. The van der Waals surface area contributed by atoms with E-state index in [1.165, 1.54) is 25.7 Å². The van der Waals surface area contributed by atoms with Gasteiger partial charge in [0.05, 0.1) is 10.2 Å². The molecule has 2 saturated carbocycles. The van der Waals surface area contributed by atoms with Crippen molar-refractivity contribution in [3.63, 3.8) is 0 Å². The Morgan fingerprint density at radius 2 is 2.21 bits per heavy atom. The summed E-state index contributed by atoms with van der Waals surface area (Å²) in [5.74, 6) is 4.04. The van der Waals surface area contributed by atoms with Crippen molar-refractivity contribution in [3.8, 4) is 0 Å². The minimum atomic E-state index is 0.528. The highest BCUT2D eigenvalue weighted by Gasteiger charge is 2.39. The van der Waals surface area contributed by atoms with Gasteiger partial charge in [-0.3, -0.25) is 5.10 Å². The van der Waals surface area contributed by atoms with E-state index in [2.05, 4.69) is 32.3 Å². The van der Waals surface area contributed by atoms with Crippen LogP contribution in [0.2, 0.25) is 0 Å². The summed E-state index contributed by atoms with van der Waals surface area (Å²) >= 11 is 1.65. The van der Waals surface area contributed by atoms with Crippen molar-refractivity contribution >= 4 is 39.1 Å². The van der Waals surface area contributed by atoms with Gasteiger partial charge in [0, 0.05) is 17.8 Å². The number of thiophene rings is 1. The standard InChI is InChI=1S/C17H20N6S/c1-9-6-14(23-22-9)20-16-15-12(4-5-24-15)18-17(21-16)19-13-8-10-2-3-11(13)7-10/h4-6,10-11,13H,2-3,7-8H2,1H3,(H3,18,19,20,21,22,23). The van der Waals surface area contributed by atoms with Gasteiger partial charge in [-0.25, -0.2) is 4.98 Å². The molecule has 0 saturated heterocycles. The molecule has 0 spiro atoms. The molecule has 3 N–H and O–H groups in total. The lowest BCUT2D eigenvalue weighted by Crippen LogP contribution is -2.27. The summed E-state index contributed by atoms with van der Waals surface area (Å²) in [6, 6.07) is 4.56. The van der Waals surface area contributed by atoms with Crippen molar-refractivity contribution in [1.82, 2.24) is 20.2 Å². The van der Waals surface area contributed by atoms with Crippen LogP contribution in [0.1, 0.15) is 31.4 Å². The number of nitrogens with zero attached hydrogens (tertiary/aromatic N) is 3. The predicted octanol–water partition coefficient (Wildman–Crippen LogP) is 4.07. The monoisotopic (exact) mass is 340 g/mol. The van der Waals surface area contributed by atoms with Crippen molar-refractivity contribution in [2.24, 2.45) is 11.8 Å². The minimum absolute atomic E-state index is 0.528. The van der Waals surface area contributed by atoms with Crippen molar-refractivity contribution in [2.75, 3.05) is 10.6 Å². The summed E-state index contributed by atoms with van der Waals surface area (Å²) in [5, 5.41) is 16.2. The lowest BCUT2D eigenvalue weighted by molar-refractivity contribution is 0.438. The van der Waals surface area contributed by atoms with E-state index in [9.17, 15) is 0 Å². The number of aromatic nitrogens is 4.